The zero-order valence-electron chi connectivity index (χ0n) is 19.8. The highest BCUT2D eigenvalue weighted by Gasteiger charge is 2.38. The summed E-state index contributed by atoms with van der Waals surface area (Å²) in [5, 5.41) is 3.16. The van der Waals surface area contributed by atoms with Crippen molar-refractivity contribution in [2.75, 3.05) is 24.2 Å². The summed E-state index contributed by atoms with van der Waals surface area (Å²) >= 11 is 0. The molecule has 0 saturated heterocycles. The molecular formula is C25H34N2O5S. The molecule has 33 heavy (non-hydrogen) atoms. The minimum Gasteiger partial charge on any atom is -0.497 e. The van der Waals surface area contributed by atoms with E-state index in [2.05, 4.69) is 19.2 Å². The number of carbonyl (C=O) groups is 1. The van der Waals surface area contributed by atoms with E-state index in [1.165, 1.54) is 10.6 Å². The van der Waals surface area contributed by atoms with Crippen molar-refractivity contribution in [1.82, 2.24) is 5.32 Å². The number of fused-ring (bicyclic) bond motifs is 1. The zero-order valence-corrected chi connectivity index (χ0v) is 20.7. The van der Waals surface area contributed by atoms with Gasteiger partial charge in [-0.15, -0.1) is 0 Å². The Morgan fingerprint density at radius 2 is 1.82 bits per heavy atom. The topological polar surface area (TPSA) is 84.9 Å². The number of hydrogen-bond acceptors (Lipinski definition) is 5. The Balaban J connectivity index is 1.65. The number of nitrogens with one attached hydrogen (secondary N) is 1. The molecule has 3 rings (SSSR count). The Morgan fingerprint density at radius 3 is 2.42 bits per heavy atom. The fourth-order valence-electron chi connectivity index (χ4n) is 4.31. The summed E-state index contributed by atoms with van der Waals surface area (Å²) in [4.78, 5) is 12.8. The molecule has 1 unspecified atom stereocenters. The van der Waals surface area contributed by atoms with E-state index in [1.54, 1.807) is 31.4 Å². The minimum atomic E-state index is -3.48. The molecule has 7 nitrogen and oxygen atoms in total. The Labute approximate surface area is 197 Å². The van der Waals surface area contributed by atoms with Gasteiger partial charge >= 0.3 is 0 Å². The maximum atomic E-state index is 12.8. The van der Waals surface area contributed by atoms with E-state index in [9.17, 15) is 13.2 Å². The maximum Gasteiger partial charge on any atom is 0.232 e. The lowest BCUT2D eigenvalue weighted by Gasteiger charge is -2.41. The number of ether oxygens (including phenoxy) is 2. The average molecular weight is 475 g/mol. The molecule has 1 N–H and O–H groups in total. The van der Waals surface area contributed by atoms with Crippen molar-refractivity contribution >= 4 is 21.6 Å². The first-order valence-corrected chi connectivity index (χ1v) is 13.2. The molecule has 0 aliphatic carbocycles. The lowest BCUT2D eigenvalue weighted by molar-refractivity contribution is -0.122. The molecule has 1 aliphatic rings. The molecule has 0 radical (unpaired) electrons. The van der Waals surface area contributed by atoms with Crippen LogP contribution >= 0.6 is 0 Å². The monoisotopic (exact) mass is 474 g/mol. The van der Waals surface area contributed by atoms with Crippen molar-refractivity contribution in [3.63, 3.8) is 0 Å². The van der Waals surface area contributed by atoms with Gasteiger partial charge in [-0.1, -0.05) is 32.0 Å². The molecule has 0 bridgehead atoms. The number of hydrogen-bond donors (Lipinski definition) is 1. The number of benzene rings is 2. The number of sulfonamides is 1. The van der Waals surface area contributed by atoms with E-state index in [1.807, 2.05) is 24.3 Å². The summed E-state index contributed by atoms with van der Waals surface area (Å²) in [6.45, 7) is 4.43. The normalized spacial score (nSPS) is 16.9. The molecule has 2 aromatic carbocycles. The van der Waals surface area contributed by atoms with Gasteiger partial charge < -0.3 is 14.8 Å². The fraction of sp³-hybridized carbons (Fsp3) is 0.480. The van der Waals surface area contributed by atoms with Crippen molar-refractivity contribution < 1.29 is 22.7 Å². The smallest absolute Gasteiger partial charge is 0.232 e. The van der Waals surface area contributed by atoms with Gasteiger partial charge in [0.05, 0.1) is 25.1 Å². The van der Waals surface area contributed by atoms with Crippen LogP contribution in [0.3, 0.4) is 0 Å². The first-order valence-electron chi connectivity index (χ1n) is 11.4. The van der Waals surface area contributed by atoms with Crippen LogP contribution in [0.5, 0.6) is 11.5 Å². The minimum absolute atomic E-state index is 0.0963. The van der Waals surface area contributed by atoms with Gasteiger partial charge in [-0.05, 0) is 49.6 Å². The maximum absolute atomic E-state index is 12.8. The number of anilines is 1. The van der Waals surface area contributed by atoms with E-state index in [0.29, 0.717) is 24.3 Å². The number of para-hydroxylation sites is 1. The molecule has 0 spiro atoms. The van der Waals surface area contributed by atoms with Gasteiger partial charge in [0.25, 0.3) is 0 Å². The number of carbonyl (C=O) groups excluding carboxylic acids is 1. The van der Waals surface area contributed by atoms with Crippen molar-refractivity contribution in [3.05, 3.63) is 54.1 Å². The van der Waals surface area contributed by atoms with E-state index in [0.717, 1.165) is 24.2 Å². The van der Waals surface area contributed by atoms with Crippen molar-refractivity contribution in [1.29, 1.82) is 0 Å². The van der Waals surface area contributed by atoms with Crippen LogP contribution in [0.25, 0.3) is 0 Å². The molecule has 2 aromatic rings. The molecule has 0 saturated carbocycles. The number of methoxy groups -OCH3 is 1. The van der Waals surface area contributed by atoms with Crippen LogP contribution in [0.4, 0.5) is 5.69 Å². The number of nitrogens with zero attached hydrogens (tertiary/aromatic N) is 1. The number of amides is 1. The van der Waals surface area contributed by atoms with E-state index < -0.39 is 10.0 Å². The summed E-state index contributed by atoms with van der Waals surface area (Å²) in [6.07, 6.45) is 4.23. The van der Waals surface area contributed by atoms with Crippen LogP contribution in [-0.2, 0) is 14.8 Å². The van der Waals surface area contributed by atoms with Crippen LogP contribution in [0.15, 0.2) is 48.5 Å². The van der Waals surface area contributed by atoms with Gasteiger partial charge in [0.2, 0.25) is 15.9 Å². The predicted octanol–water partition coefficient (Wildman–Crippen LogP) is 4.44. The van der Waals surface area contributed by atoms with Gasteiger partial charge in [0.1, 0.15) is 17.1 Å². The van der Waals surface area contributed by atoms with Gasteiger partial charge in [0, 0.05) is 24.9 Å². The second kappa shape index (κ2) is 10.5. The molecule has 1 heterocycles. The quantitative estimate of drug-likeness (QED) is 0.550. The standard InChI is InChI=1S/C25H34N2O5S/c1-5-25(6-2)18-22(21-10-7-8-11-23(21)32-25)26-24(28)12-9-17-27(33(4,29)30)19-13-15-20(31-3)16-14-19/h7-8,10-11,13-16,22H,5-6,9,12,17-18H2,1-4H3,(H,26,28). The zero-order chi connectivity index (χ0) is 24.1. The summed E-state index contributed by atoms with van der Waals surface area (Å²) < 4.78 is 37.4. The summed E-state index contributed by atoms with van der Waals surface area (Å²) in [7, 11) is -1.92. The van der Waals surface area contributed by atoms with Crippen molar-refractivity contribution in [2.24, 2.45) is 0 Å². The van der Waals surface area contributed by atoms with Crippen LogP contribution < -0.4 is 19.1 Å². The molecule has 1 aliphatic heterocycles. The highest BCUT2D eigenvalue weighted by molar-refractivity contribution is 7.92. The SMILES string of the molecule is CCC1(CC)CC(NC(=O)CCCN(c2ccc(OC)cc2)S(C)(=O)=O)c2ccccc2O1. The average Bonchev–Trinajstić information content (AvgIpc) is 2.81. The molecule has 0 fully saturated rings. The second-order valence-electron chi connectivity index (χ2n) is 8.49. The highest BCUT2D eigenvalue weighted by atomic mass is 32.2. The van der Waals surface area contributed by atoms with E-state index in [4.69, 9.17) is 9.47 Å². The molecule has 8 heteroatoms. The van der Waals surface area contributed by atoms with Crippen LogP contribution in [-0.4, -0.2) is 39.8 Å². The third-order valence-electron chi connectivity index (χ3n) is 6.35. The summed E-state index contributed by atoms with van der Waals surface area (Å²) in [5.74, 6) is 1.38. The van der Waals surface area contributed by atoms with Crippen LogP contribution in [0, 0.1) is 0 Å². The molecule has 0 aromatic heterocycles. The second-order valence-corrected chi connectivity index (χ2v) is 10.4. The molecule has 180 valence electrons. The predicted molar refractivity (Wildman–Crippen MR) is 130 cm³/mol. The lowest BCUT2D eigenvalue weighted by Crippen LogP contribution is -2.44. The van der Waals surface area contributed by atoms with Gasteiger partial charge in [0.15, 0.2) is 0 Å². The third kappa shape index (κ3) is 5.99. The summed E-state index contributed by atoms with van der Waals surface area (Å²) in [5.41, 5.74) is 1.24. The Hall–Kier alpha value is -2.74. The first kappa shape index (κ1) is 24.9. The van der Waals surface area contributed by atoms with Crippen molar-refractivity contribution in [2.45, 2.75) is 57.6 Å². The van der Waals surface area contributed by atoms with E-state index >= 15 is 0 Å². The lowest BCUT2D eigenvalue weighted by atomic mass is 9.83. The van der Waals surface area contributed by atoms with E-state index in [-0.39, 0.29) is 30.5 Å². The van der Waals surface area contributed by atoms with Gasteiger partial charge in [-0.3, -0.25) is 9.10 Å². The third-order valence-corrected chi connectivity index (χ3v) is 7.54. The Morgan fingerprint density at radius 1 is 1.15 bits per heavy atom. The highest BCUT2D eigenvalue weighted by Crippen LogP contribution is 2.42. The summed E-state index contributed by atoms with van der Waals surface area (Å²) in [6, 6.07) is 14.5. The van der Waals surface area contributed by atoms with Gasteiger partial charge in [-0.25, -0.2) is 8.42 Å². The Kier molecular flexibility index (Phi) is 7.89. The van der Waals surface area contributed by atoms with Gasteiger partial charge in [-0.2, -0.15) is 0 Å². The molecule has 1 atom stereocenters. The Bertz CT molecular complexity index is 1050. The fourth-order valence-corrected chi connectivity index (χ4v) is 5.28. The molecular weight excluding hydrogens is 440 g/mol. The van der Waals surface area contributed by atoms with Crippen LogP contribution in [0.1, 0.15) is 57.6 Å². The number of rotatable bonds is 10. The largest absolute Gasteiger partial charge is 0.497 e. The molecule has 1 amide bonds. The van der Waals surface area contributed by atoms with Crippen LogP contribution in [0.2, 0.25) is 0 Å². The van der Waals surface area contributed by atoms with Crippen molar-refractivity contribution in [3.8, 4) is 11.5 Å². The first-order chi connectivity index (χ1) is 15.7.